The Bertz CT molecular complexity index is 953. The molecule has 4 unspecified atom stereocenters. The lowest BCUT2D eigenvalue weighted by Gasteiger charge is -2.21. The number of aliphatic hydroxyl groups is 2. The fourth-order valence-electron chi connectivity index (χ4n) is 3.75. The van der Waals surface area contributed by atoms with Crippen molar-refractivity contribution in [2.75, 3.05) is 7.11 Å². The van der Waals surface area contributed by atoms with E-state index in [0.717, 1.165) is 12.2 Å². The first kappa shape index (κ1) is 21.8. The first-order valence-corrected chi connectivity index (χ1v) is 9.65. The Balaban J connectivity index is 0.000000220. The Morgan fingerprint density at radius 1 is 1.00 bits per heavy atom. The van der Waals surface area contributed by atoms with Crippen LogP contribution in [0.2, 0.25) is 0 Å². The van der Waals surface area contributed by atoms with Crippen molar-refractivity contribution in [3.8, 4) is 5.75 Å². The summed E-state index contributed by atoms with van der Waals surface area (Å²) in [6, 6.07) is 14.3. The highest BCUT2D eigenvalue weighted by Crippen LogP contribution is 2.33. The summed E-state index contributed by atoms with van der Waals surface area (Å²) >= 11 is 0. The molecule has 2 aromatic carbocycles. The largest absolute Gasteiger partial charge is 0.497 e. The fraction of sp³-hybridized carbons (Fsp3) is 0.364. The van der Waals surface area contributed by atoms with Crippen molar-refractivity contribution in [1.82, 2.24) is 5.32 Å². The van der Waals surface area contributed by atoms with Gasteiger partial charge in [-0.25, -0.2) is 9.59 Å². The summed E-state index contributed by atoms with van der Waals surface area (Å²) in [5.41, 5.74) is 2.88. The average Bonchev–Trinajstić information content (AvgIpc) is 3.09. The molecular formula is C22H25NO7. The maximum atomic E-state index is 9.77. The van der Waals surface area contributed by atoms with Crippen molar-refractivity contribution >= 4 is 28.3 Å². The van der Waals surface area contributed by atoms with Crippen LogP contribution >= 0.6 is 0 Å². The van der Waals surface area contributed by atoms with E-state index in [9.17, 15) is 9.59 Å². The van der Waals surface area contributed by atoms with Gasteiger partial charge in [-0.05, 0) is 59.4 Å². The normalized spacial score (nSPS) is 21.8. The molecule has 0 aliphatic carbocycles. The van der Waals surface area contributed by atoms with Gasteiger partial charge in [0, 0.05) is 12.1 Å². The molecule has 5 N–H and O–H groups in total. The molecule has 2 aromatic rings. The van der Waals surface area contributed by atoms with E-state index >= 15 is 0 Å². The Labute approximate surface area is 173 Å². The van der Waals surface area contributed by atoms with E-state index in [2.05, 4.69) is 41.7 Å². The second-order valence-electron chi connectivity index (χ2n) is 7.44. The number of carboxylic acids is 2. The predicted octanol–water partition coefficient (Wildman–Crippen LogP) is 1.63. The van der Waals surface area contributed by atoms with E-state index in [4.69, 9.17) is 25.2 Å². The molecular weight excluding hydrogens is 390 g/mol. The monoisotopic (exact) mass is 415 g/mol. The molecule has 4 atom stereocenters. The number of aliphatic hydroxyl groups excluding tert-OH is 2. The zero-order valence-electron chi connectivity index (χ0n) is 16.5. The highest BCUT2D eigenvalue weighted by Gasteiger charge is 2.29. The molecule has 8 nitrogen and oxygen atoms in total. The van der Waals surface area contributed by atoms with Crippen molar-refractivity contribution in [2.45, 2.75) is 43.6 Å². The van der Waals surface area contributed by atoms with Crippen LogP contribution in [0.4, 0.5) is 0 Å². The van der Waals surface area contributed by atoms with Crippen LogP contribution in [-0.2, 0) is 9.59 Å². The SMILES string of the molecule is COc1ccc2cc(C3=CC4CCC(C3)N4)ccc2c1.O=C(O)C(O)C(O)C(=O)O. The van der Waals surface area contributed by atoms with Gasteiger partial charge in [-0.3, -0.25) is 0 Å². The number of carboxylic acid groups (broad SMARTS) is 2. The van der Waals surface area contributed by atoms with Crippen LogP contribution in [-0.4, -0.2) is 63.8 Å². The Kier molecular flexibility index (Phi) is 6.71. The maximum absolute atomic E-state index is 9.77. The van der Waals surface area contributed by atoms with Crippen LogP contribution < -0.4 is 10.1 Å². The molecule has 8 heteroatoms. The summed E-state index contributed by atoms with van der Waals surface area (Å²) in [6.07, 6.45) is 1.66. The number of aliphatic carboxylic acids is 2. The molecule has 2 aliphatic heterocycles. The minimum atomic E-state index is -2.27. The maximum Gasteiger partial charge on any atom is 0.335 e. The van der Waals surface area contributed by atoms with E-state index in [-0.39, 0.29) is 0 Å². The second kappa shape index (κ2) is 9.25. The number of methoxy groups -OCH3 is 1. The van der Waals surface area contributed by atoms with Gasteiger partial charge in [-0.1, -0.05) is 24.3 Å². The van der Waals surface area contributed by atoms with Crippen molar-refractivity contribution in [2.24, 2.45) is 0 Å². The van der Waals surface area contributed by atoms with E-state index < -0.39 is 24.1 Å². The molecule has 2 aliphatic rings. The Hall–Kier alpha value is -2.94. The first-order valence-electron chi connectivity index (χ1n) is 9.65. The highest BCUT2D eigenvalue weighted by molar-refractivity contribution is 5.87. The van der Waals surface area contributed by atoms with Gasteiger partial charge in [0.2, 0.25) is 0 Å². The molecule has 0 aromatic heterocycles. The lowest BCUT2D eigenvalue weighted by Crippen LogP contribution is -2.39. The molecule has 160 valence electrons. The number of ether oxygens (including phenoxy) is 1. The quantitative estimate of drug-likeness (QED) is 0.497. The van der Waals surface area contributed by atoms with Gasteiger partial charge in [0.15, 0.2) is 12.2 Å². The molecule has 1 saturated heterocycles. The minimum Gasteiger partial charge on any atom is -0.497 e. The van der Waals surface area contributed by atoms with Crippen LogP contribution in [0, 0.1) is 0 Å². The van der Waals surface area contributed by atoms with E-state index in [1.807, 2.05) is 6.07 Å². The number of hydrogen-bond donors (Lipinski definition) is 5. The molecule has 0 saturated carbocycles. The predicted molar refractivity (Wildman–Crippen MR) is 110 cm³/mol. The lowest BCUT2D eigenvalue weighted by molar-refractivity contribution is -0.165. The molecule has 0 amide bonds. The standard InChI is InChI=1S/C18H19NO.C4H6O6/c1-20-18-7-4-12-8-13(2-3-14(12)11-18)15-9-16-5-6-17(10-15)19-16;5-1(3(7)8)2(6)4(9)10/h2-4,7-9,11,16-17,19H,5-6,10H2,1H3;1-2,5-6H,(H,7,8)(H,9,10). The van der Waals surface area contributed by atoms with Gasteiger partial charge in [-0.15, -0.1) is 0 Å². The van der Waals surface area contributed by atoms with Gasteiger partial charge in [-0.2, -0.15) is 0 Å². The van der Waals surface area contributed by atoms with E-state index in [0.29, 0.717) is 12.1 Å². The number of rotatable bonds is 5. The van der Waals surface area contributed by atoms with Crippen LogP contribution in [0.25, 0.3) is 16.3 Å². The summed E-state index contributed by atoms with van der Waals surface area (Å²) in [6.45, 7) is 0. The Morgan fingerprint density at radius 2 is 1.63 bits per heavy atom. The summed E-state index contributed by atoms with van der Waals surface area (Å²) in [4.78, 5) is 19.5. The number of carbonyl (C=O) groups is 2. The molecule has 0 spiro atoms. The van der Waals surface area contributed by atoms with E-state index in [1.54, 1.807) is 7.11 Å². The van der Waals surface area contributed by atoms with Crippen molar-refractivity contribution < 1.29 is 34.8 Å². The first-order chi connectivity index (χ1) is 14.3. The number of benzene rings is 2. The third-order valence-corrected chi connectivity index (χ3v) is 5.37. The second-order valence-corrected chi connectivity index (χ2v) is 7.44. The highest BCUT2D eigenvalue weighted by atomic mass is 16.5. The summed E-state index contributed by atoms with van der Waals surface area (Å²) < 4.78 is 5.29. The molecule has 30 heavy (non-hydrogen) atoms. The third kappa shape index (κ3) is 4.96. The van der Waals surface area contributed by atoms with Gasteiger partial charge < -0.3 is 30.5 Å². The van der Waals surface area contributed by atoms with Crippen LogP contribution in [0.3, 0.4) is 0 Å². The molecule has 0 radical (unpaired) electrons. The average molecular weight is 415 g/mol. The van der Waals surface area contributed by atoms with Crippen LogP contribution in [0.15, 0.2) is 42.5 Å². The Morgan fingerprint density at radius 3 is 2.23 bits per heavy atom. The van der Waals surface area contributed by atoms with Crippen LogP contribution in [0.5, 0.6) is 5.75 Å². The number of hydrogen-bond acceptors (Lipinski definition) is 6. The topological polar surface area (TPSA) is 136 Å². The molecule has 4 rings (SSSR count). The summed E-state index contributed by atoms with van der Waals surface area (Å²) in [7, 11) is 1.71. The number of fused-ring (bicyclic) bond motifs is 3. The third-order valence-electron chi connectivity index (χ3n) is 5.37. The summed E-state index contributed by atoms with van der Waals surface area (Å²) in [5.74, 6) is -2.62. The fourth-order valence-corrected chi connectivity index (χ4v) is 3.75. The zero-order valence-corrected chi connectivity index (χ0v) is 16.5. The van der Waals surface area contributed by atoms with Gasteiger partial charge in [0.1, 0.15) is 5.75 Å². The van der Waals surface area contributed by atoms with Gasteiger partial charge >= 0.3 is 11.9 Å². The van der Waals surface area contributed by atoms with Crippen LogP contribution in [0.1, 0.15) is 24.8 Å². The lowest BCUT2D eigenvalue weighted by atomic mass is 9.94. The zero-order chi connectivity index (χ0) is 21.8. The van der Waals surface area contributed by atoms with Crippen molar-refractivity contribution in [3.05, 3.63) is 48.0 Å². The summed E-state index contributed by atoms with van der Waals surface area (Å²) in [5, 5.41) is 38.7. The minimum absolute atomic E-state index is 0.593. The van der Waals surface area contributed by atoms with Gasteiger partial charge in [0.25, 0.3) is 0 Å². The number of nitrogens with one attached hydrogen (secondary N) is 1. The molecule has 1 fully saturated rings. The van der Waals surface area contributed by atoms with Crippen molar-refractivity contribution in [3.63, 3.8) is 0 Å². The molecule has 2 bridgehead atoms. The van der Waals surface area contributed by atoms with E-state index in [1.165, 1.54) is 34.8 Å². The molecule has 2 heterocycles. The van der Waals surface area contributed by atoms with Gasteiger partial charge in [0.05, 0.1) is 7.11 Å². The van der Waals surface area contributed by atoms with Crippen molar-refractivity contribution in [1.29, 1.82) is 0 Å². The smallest absolute Gasteiger partial charge is 0.335 e.